The van der Waals surface area contributed by atoms with Crippen molar-refractivity contribution in [1.29, 1.82) is 0 Å². The van der Waals surface area contributed by atoms with Crippen molar-refractivity contribution in [2.24, 2.45) is 11.5 Å². The van der Waals surface area contributed by atoms with Crippen molar-refractivity contribution in [2.45, 2.75) is 18.9 Å². The molecule has 14 heavy (non-hydrogen) atoms. The minimum absolute atomic E-state index is 0.130. The molecule has 0 aliphatic carbocycles. The number of imide groups is 1. The summed E-state index contributed by atoms with van der Waals surface area (Å²) in [5.41, 5.74) is 10.5. The number of likely N-dealkylation sites (tertiary alicyclic amines) is 1. The number of piperidine rings is 1. The van der Waals surface area contributed by atoms with Gasteiger partial charge in [-0.2, -0.15) is 0 Å². The number of amides is 3. The number of nitrogens with one attached hydrogen (secondary N) is 1. The van der Waals surface area contributed by atoms with Crippen LogP contribution in [0.15, 0.2) is 0 Å². The first-order valence-electron chi connectivity index (χ1n) is 4.65. The molecule has 0 aromatic rings. The molecule has 0 bridgehead atoms. The monoisotopic (exact) mass is 200 g/mol. The van der Waals surface area contributed by atoms with Crippen LogP contribution < -0.4 is 16.8 Å². The standard InChI is InChI=1S/C8H16N4O2/c9-6-2-1-3-12(4-6)5-7(13)11-8(10)14/h6H,1-5,9H2,(H3,10,11,13,14). The predicted molar refractivity (Wildman–Crippen MR) is 51.4 cm³/mol. The van der Waals surface area contributed by atoms with Crippen LogP contribution in [-0.2, 0) is 4.79 Å². The van der Waals surface area contributed by atoms with E-state index in [-0.39, 0.29) is 18.5 Å². The lowest BCUT2D eigenvalue weighted by atomic mass is 10.1. The molecule has 80 valence electrons. The number of rotatable bonds is 2. The number of nitrogens with two attached hydrogens (primary N) is 2. The largest absolute Gasteiger partial charge is 0.351 e. The normalized spacial score (nSPS) is 23.1. The fourth-order valence-corrected chi connectivity index (χ4v) is 1.61. The van der Waals surface area contributed by atoms with Crippen molar-refractivity contribution in [2.75, 3.05) is 19.6 Å². The van der Waals surface area contributed by atoms with Gasteiger partial charge in [0.15, 0.2) is 0 Å². The summed E-state index contributed by atoms with van der Waals surface area (Å²) >= 11 is 0. The average Bonchev–Trinajstić information content (AvgIpc) is 2.01. The highest BCUT2D eigenvalue weighted by molar-refractivity contribution is 5.94. The van der Waals surface area contributed by atoms with Crippen molar-refractivity contribution in [3.63, 3.8) is 0 Å². The van der Waals surface area contributed by atoms with Gasteiger partial charge in [-0.3, -0.25) is 15.0 Å². The highest BCUT2D eigenvalue weighted by Crippen LogP contribution is 2.06. The Bertz CT molecular complexity index is 231. The summed E-state index contributed by atoms with van der Waals surface area (Å²) < 4.78 is 0. The highest BCUT2D eigenvalue weighted by Gasteiger charge is 2.18. The van der Waals surface area contributed by atoms with Gasteiger partial charge >= 0.3 is 6.03 Å². The third-order valence-electron chi connectivity index (χ3n) is 2.17. The third-order valence-corrected chi connectivity index (χ3v) is 2.17. The van der Waals surface area contributed by atoms with E-state index in [4.69, 9.17) is 11.5 Å². The first kappa shape index (κ1) is 10.9. The Kier molecular flexibility index (Phi) is 3.84. The second-order valence-corrected chi connectivity index (χ2v) is 3.55. The maximum Gasteiger partial charge on any atom is 0.318 e. The molecule has 0 radical (unpaired) electrons. The minimum atomic E-state index is -0.809. The number of carbonyl (C=O) groups excluding carboxylic acids is 2. The van der Waals surface area contributed by atoms with Crippen LogP contribution in [-0.4, -0.2) is 42.5 Å². The molecule has 6 nitrogen and oxygen atoms in total. The van der Waals surface area contributed by atoms with Gasteiger partial charge in [0.25, 0.3) is 0 Å². The van der Waals surface area contributed by atoms with E-state index in [0.29, 0.717) is 6.54 Å². The number of urea groups is 1. The summed E-state index contributed by atoms with van der Waals surface area (Å²) in [4.78, 5) is 23.4. The lowest BCUT2D eigenvalue weighted by molar-refractivity contribution is -0.121. The summed E-state index contributed by atoms with van der Waals surface area (Å²) in [5, 5.41) is 2.02. The van der Waals surface area contributed by atoms with Gasteiger partial charge < -0.3 is 11.5 Å². The summed E-state index contributed by atoms with van der Waals surface area (Å²) in [5.74, 6) is -0.369. The van der Waals surface area contributed by atoms with E-state index in [1.54, 1.807) is 0 Å². The van der Waals surface area contributed by atoms with Crippen molar-refractivity contribution in [1.82, 2.24) is 10.2 Å². The molecule has 1 rings (SSSR count). The Morgan fingerprint density at radius 2 is 2.21 bits per heavy atom. The molecule has 0 spiro atoms. The maximum absolute atomic E-state index is 11.1. The Balaban J connectivity index is 2.28. The molecule has 1 fully saturated rings. The number of hydrogen-bond donors (Lipinski definition) is 3. The maximum atomic E-state index is 11.1. The summed E-state index contributed by atoms with van der Waals surface area (Å²) in [6.45, 7) is 1.74. The van der Waals surface area contributed by atoms with Crippen molar-refractivity contribution in [3.05, 3.63) is 0 Å². The molecule has 1 heterocycles. The fraction of sp³-hybridized carbons (Fsp3) is 0.750. The van der Waals surface area contributed by atoms with Gasteiger partial charge in [0, 0.05) is 12.6 Å². The molecule has 1 aliphatic rings. The Morgan fingerprint density at radius 3 is 2.79 bits per heavy atom. The minimum Gasteiger partial charge on any atom is -0.351 e. The molecule has 1 saturated heterocycles. The van der Waals surface area contributed by atoms with E-state index in [2.05, 4.69) is 0 Å². The van der Waals surface area contributed by atoms with E-state index in [0.717, 1.165) is 19.4 Å². The Morgan fingerprint density at radius 1 is 1.50 bits per heavy atom. The number of primary amides is 1. The van der Waals surface area contributed by atoms with Crippen molar-refractivity contribution in [3.8, 4) is 0 Å². The smallest absolute Gasteiger partial charge is 0.318 e. The quantitative estimate of drug-likeness (QED) is 0.510. The zero-order chi connectivity index (χ0) is 10.6. The zero-order valence-corrected chi connectivity index (χ0v) is 8.03. The van der Waals surface area contributed by atoms with Crippen LogP contribution in [0.5, 0.6) is 0 Å². The summed E-state index contributed by atoms with van der Waals surface area (Å²) in [6.07, 6.45) is 1.99. The SMILES string of the molecule is NC(=O)NC(=O)CN1CCCC(N)C1. The summed E-state index contributed by atoms with van der Waals surface area (Å²) in [6, 6.07) is -0.679. The van der Waals surface area contributed by atoms with Gasteiger partial charge in [0.05, 0.1) is 6.54 Å². The second kappa shape index (κ2) is 4.92. The van der Waals surface area contributed by atoms with Crippen molar-refractivity contribution < 1.29 is 9.59 Å². The topological polar surface area (TPSA) is 101 Å². The summed E-state index contributed by atoms with van der Waals surface area (Å²) in [7, 11) is 0. The highest BCUT2D eigenvalue weighted by atomic mass is 16.2. The van der Waals surface area contributed by atoms with Crippen LogP contribution in [0.4, 0.5) is 4.79 Å². The molecule has 1 aliphatic heterocycles. The molecule has 1 atom stereocenters. The van der Waals surface area contributed by atoms with E-state index in [1.807, 2.05) is 10.2 Å². The molecule has 5 N–H and O–H groups in total. The fourth-order valence-electron chi connectivity index (χ4n) is 1.61. The molecule has 3 amide bonds. The lowest BCUT2D eigenvalue weighted by Crippen LogP contribution is -2.48. The molecule has 0 aromatic heterocycles. The zero-order valence-electron chi connectivity index (χ0n) is 8.03. The van der Waals surface area contributed by atoms with E-state index in [9.17, 15) is 9.59 Å². The van der Waals surface area contributed by atoms with Gasteiger partial charge in [-0.05, 0) is 19.4 Å². The van der Waals surface area contributed by atoms with E-state index < -0.39 is 6.03 Å². The molecule has 1 unspecified atom stereocenters. The van der Waals surface area contributed by atoms with Gasteiger partial charge in [-0.1, -0.05) is 0 Å². The van der Waals surface area contributed by atoms with Crippen LogP contribution in [0.3, 0.4) is 0 Å². The molecule has 0 aromatic carbocycles. The lowest BCUT2D eigenvalue weighted by Gasteiger charge is -2.29. The van der Waals surface area contributed by atoms with E-state index >= 15 is 0 Å². The van der Waals surface area contributed by atoms with Crippen LogP contribution in [0, 0.1) is 0 Å². The van der Waals surface area contributed by atoms with Gasteiger partial charge in [-0.15, -0.1) is 0 Å². The van der Waals surface area contributed by atoms with Gasteiger partial charge in [-0.25, -0.2) is 4.79 Å². The van der Waals surface area contributed by atoms with Gasteiger partial charge in [0.2, 0.25) is 5.91 Å². The van der Waals surface area contributed by atoms with Crippen LogP contribution in [0.2, 0.25) is 0 Å². The Labute approximate surface area is 82.6 Å². The van der Waals surface area contributed by atoms with Crippen LogP contribution in [0.25, 0.3) is 0 Å². The molecular formula is C8H16N4O2. The van der Waals surface area contributed by atoms with Crippen LogP contribution >= 0.6 is 0 Å². The first-order valence-corrected chi connectivity index (χ1v) is 4.65. The van der Waals surface area contributed by atoms with E-state index in [1.165, 1.54) is 0 Å². The van der Waals surface area contributed by atoms with Crippen molar-refractivity contribution >= 4 is 11.9 Å². The van der Waals surface area contributed by atoms with Gasteiger partial charge in [0.1, 0.15) is 0 Å². The number of nitrogens with zero attached hydrogens (tertiary/aromatic N) is 1. The number of hydrogen-bond acceptors (Lipinski definition) is 4. The molecule has 0 saturated carbocycles. The predicted octanol–water partition coefficient (Wildman–Crippen LogP) is -1.40. The first-order chi connectivity index (χ1) is 6.58. The average molecular weight is 200 g/mol. The Hall–Kier alpha value is -1.14. The van der Waals surface area contributed by atoms with Crippen LogP contribution in [0.1, 0.15) is 12.8 Å². The molecule has 6 heteroatoms. The molecular weight excluding hydrogens is 184 g/mol. The second-order valence-electron chi connectivity index (χ2n) is 3.55. The number of carbonyl (C=O) groups is 2. The third kappa shape index (κ3) is 3.71.